The highest BCUT2D eigenvalue weighted by molar-refractivity contribution is 7.89. The maximum atomic E-state index is 13.5. The Morgan fingerprint density at radius 3 is 2.33 bits per heavy atom. The molecule has 1 aromatic carbocycles. The van der Waals surface area contributed by atoms with Crippen LogP contribution < -0.4 is 10.0 Å². The minimum atomic E-state index is -4.85. The van der Waals surface area contributed by atoms with Crippen LogP contribution >= 0.6 is 0 Å². The first-order valence-electron chi connectivity index (χ1n) is 5.69. The van der Waals surface area contributed by atoms with Crippen molar-refractivity contribution in [2.24, 2.45) is 5.14 Å². The third-order valence-corrected chi connectivity index (χ3v) is 4.37. The van der Waals surface area contributed by atoms with Gasteiger partial charge in [0.15, 0.2) is 0 Å². The molecule has 5 nitrogen and oxygen atoms in total. The summed E-state index contributed by atoms with van der Waals surface area (Å²) in [5, 5.41) is 3.77. The number of anilines is 1. The van der Waals surface area contributed by atoms with Crippen molar-refractivity contribution in [1.82, 2.24) is 0 Å². The molecule has 0 bridgehead atoms. The normalized spacial score (nSPS) is 20.1. The van der Waals surface area contributed by atoms with E-state index in [1.54, 1.807) is 0 Å². The first-order chi connectivity index (χ1) is 9.50. The number of amides is 1. The lowest BCUT2D eigenvalue weighted by Gasteiger charge is -2.17. The quantitative estimate of drug-likeness (QED) is 0.830. The summed E-state index contributed by atoms with van der Waals surface area (Å²) in [4.78, 5) is 12.6. The van der Waals surface area contributed by atoms with Crippen LogP contribution in [-0.4, -0.2) is 26.1 Å². The highest BCUT2D eigenvalue weighted by Gasteiger charge is 2.38. The second-order valence-corrected chi connectivity index (χ2v) is 6.43. The number of rotatable bonds is 2. The second kappa shape index (κ2) is 4.95. The van der Waals surface area contributed by atoms with E-state index in [0.717, 1.165) is 11.0 Å². The summed E-state index contributed by atoms with van der Waals surface area (Å²) in [5.41, 5.74) is -1.60. The van der Waals surface area contributed by atoms with Gasteiger partial charge in [-0.25, -0.2) is 17.9 Å². The molecule has 0 aromatic heterocycles. The van der Waals surface area contributed by atoms with Gasteiger partial charge in [0, 0.05) is 18.7 Å². The van der Waals surface area contributed by atoms with Gasteiger partial charge in [0.1, 0.15) is 11.1 Å². The highest BCUT2D eigenvalue weighted by Crippen LogP contribution is 2.34. The first kappa shape index (κ1) is 15.7. The number of hydrogen-bond donors (Lipinski definition) is 1. The highest BCUT2D eigenvalue weighted by atomic mass is 32.2. The number of nitrogens with two attached hydrogens (primary N) is 1. The van der Waals surface area contributed by atoms with E-state index < -0.39 is 38.7 Å². The van der Waals surface area contributed by atoms with Crippen molar-refractivity contribution in [2.45, 2.75) is 17.8 Å². The lowest BCUT2D eigenvalue weighted by molar-refractivity contribution is -0.139. The van der Waals surface area contributed by atoms with Crippen molar-refractivity contribution >= 4 is 21.6 Å². The van der Waals surface area contributed by atoms with Crippen LogP contribution in [-0.2, 0) is 21.0 Å². The van der Waals surface area contributed by atoms with Crippen molar-refractivity contribution in [1.29, 1.82) is 0 Å². The Kier molecular flexibility index (Phi) is 3.70. The molecule has 10 heteroatoms. The van der Waals surface area contributed by atoms with Crippen LogP contribution in [0.15, 0.2) is 18.2 Å². The van der Waals surface area contributed by atoms with Crippen LogP contribution in [0.1, 0.15) is 12.0 Å². The molecule has 0 saturated carbocycles. The summed E-state index contributed by atoms with van der Waals surface area (Å²) in [6.45, 7) is -0.317. The maximum absolute atomic E-state index is 13.5. The number of primary sulfonamides is 1. The van der Waals surface area contributed by atoms with E-state index in [-0.39, 0.29) is 18.7 Å². The van der Waals surface area contributed by atoms with Crippen molar-refractivity contribution in [3.05, 3.63) is 29.6 Å². The van der Waals surface area contributed by atoms with Crippen molar-refractivity contribution in [3.63, 3.8) is 0 Å². The zero-order chi connectivity index (χ0) is 16.0. The van der Waals surface area contributed by atoms with E-state index in [4.69, 9.17) is 5.14 Å². The fraction of sp³-hybridized carbons (Fsp3) is 0.364. The van der Waals surface area contributed by atoms with Crippen molar-refractivity contribution in [3.8, 4) is 0 Å². The molecule has 1 saturated heterocycles. The lowest BCUT2D eigenvalue weighted by atomic mass is 10.1. The predicted molar refractivity (Wildman–Crippen MR) is 65.3 cm³/mol. The van der Waals surface area contributed by atoms with Gasteiger partial charge < -0.3 is 4.90 Å². The van der Waals surface area contributed by atoms with E-state index in [2.05, 4.69) is 0 Å². The van der Waals surface area contributed by atoms with Crippen LogP contribution in [0.25, 0.3) is 0 Å². The zero-order valence-corrected chi connectivity index (χ0v) is 11.2. The van der Waals surface area contributed by atoms with Crippen molar-refractivity contribution < 1.29 is 30.8 Å². The summed E-state index contributed by atoms with van der Waals surface area (Å²) < 4.78 is 73.1. The van der Waals surface area contributed by atoms with E-state index in [1.165, 1.54) is 0 Å². The average molecular weight is 326 g/mol. The topological polar surface area (TPSA) is 80.5 Å². The van der Waals surface area contributed by atoms with Crippen LogP contribution in [0.3, 0.4) is 0 Å². The molecule has 0 radical (unpaired) electrons. The fourth-order valence-corrected chi connectivity index (χ4v) is 2.78. The van der Waals surface area contributed by atoms with Crippen LogP contribution in [0.4, 0.5) is 23.2 Å². The average Bonchev–Trinajstić information content (AvgIpc) is 2.69. The Bertz CT molecular complexity index is 687. The molecule has 1 fully saturated rings. The fourth-order valence-electron chi connectivity index (χ4n) is 2.05. The summed E-state index contributed by atoms with van der Waals surface area (Å²) in [6, 6.07) is 1.96. The van der Waals surface area contributed by atoms with Gasteiger partial charge in [0.25, 0.3) is 0 Å². The minimum Gasteiger partial charge on any atom is -0.311 e. The van der Waals surface area contributed by atoms with Crippen LogP contribution in [0.2, 0.25) is 0 Å². The number of carbonyl (C=O) groups is 1. The molecule has 2 N–H and O–H groups in total. The minimum absolute atomic E-state index is 0.142. The van der Waals surface area contributed by atoms with E-state index in [9.17, 15) is 30.8 Å². The molecule has 116 valence electrons. The van der Waals surface area contributed by atoms with Gasteiger partial charge in [0.2, 0.25) is 15.9 Å². The van der Waals surface area contributed by atoms with Crippen LogP contribution in [0.5, 0.6) is 0 Å². The molecular formula is C11H10F4N2O3S. The number of benzene rings is 1. The number of halogens is 4. The summed E-state index contributed by atoms with van der Waals surface area (Å²) in [5.74, 6) is -2.18. The van der Waals surface area contributed by atoms with E-state index >= 15 is 0 Å². The zero-order valence-electron chi connectivity index (χ0n) is 10.4. The van der Waals surface area contributed by atoms with Gasteiger partial charge in [-0.15, -0.1) is 0 Å². The first-order valence-corrected chi connectivity index (χ1v) is 7.30. The molecule has 1 unspecified atom stereocenters. The number of nitrogens with zero attached hydrogens (tertiary/aromatic N) is 1. The van der Waals surface area contributed by atoms with E-state index in [1.807, 2.05) is 0 Å². The molecule has 1 aliphatic rings. The lowest BCUT2D eigenvalue weighted by Crippen LogP contribution is -2.32. The third kappa shape index (κ3) is 3.16. The molecule has 1 heterocycles. The predicted octanol–water partition coefficient (Wildman–Crippen LogP) is 1.24. The molecule has 1 aliphatic heterocycles. The smallest absolute Gasteiger partial charge is 0.311 e. The molecule has 1 aromatic rings. The monoisotopic (exact) mass is 326 g/mol. The number of carbonyl (C=O) groups excluding carboxylic acids is 1. The van der Waals surface area contributed by atoms with Gasteiger partial charge >= 0.3 is 6.18 Å². The van der Waals surface area contributed by atoms with E-state index in [0.29, 0.717) is 12.1 Å². The molecule has 0 aliphatic carbocycles. The SMILES string of the molecule is NS(=O)(=O)C1CC(=O)N(c2ccc(C(F)(F)F)c(F)c2)C1. The van der Waals surface area contributed by atoms with Crippen LogP contribution in [0, 0.1) is 5.82 Å². The molecular weight excluding hydrogens is 316 g/mol. The summed E-state index contributed by atoms with van der Waals surface area (Å²) >= 11 is 0. The van der Waals surface area contributed by atoms with Gasteiger partial charge in [-0.3, -0.25) is 4.79 Å². The Labute approximate surface area is 117 Å². The number of sulfonamides is 1. The van der Waals surface area contributed by atoms with Gasteiger partial charge in [0.05, 0.1) is 5.56 Å². The Morgan fingerprint density at radius 1 is 1.29 bits per heavy atom. The Balaban J connectivity index is 2.32. The Morgan fingerprint density at radius 2 is 1.90 bits per heavy atom. The standard InChI is InChI=1S/C11H10F4N2O3S/c12-9-3-6(1-2-8(9)11(13,14)15)17-5-7(4-10(17)18)21(16,19)20/h1-3,7H,4-5H2,(H2,16,19,20). The summed E-state index contributed by atoms with van der Waals surface area (Å²) in [6.07, 6.45) is -5.23. The largest absolute Gasteiger partial charge is 0.419 e. The molecule has 0 spiro atoms. The summed E-state index contributed by atoms with van der Waals surface area (Å²) in [7, 11) is -3.95. The van der Waals surface area contributed by atoms with Gasteiger partial charge in [-0.05, 0) is 18.2 Å². The molecule has 21 heavy (non-hydrogen) atoms. The molecule has 1 atom stereocenters. The molecule has 2 rings (SSSR count). The molecule has 1 amide bonds. The number of alkyl halides is 3. The third-order valence-electron chi connectivity index (χ3n) is 3.12. The second-order valence-electron chi connectivity index (χ2n) is 4.58. The number of hydrogen-bond acceptors (Lipinski definition) is 3. The Hall–Kier alpha value is -1.68. The van der Waals surface area contributed by atoms with Gasteiger partial charge in [-0.1, -0.05) is 0 Å². The maximum Gasteiger partial charge on any atom is 0.419 e. The van der Waals surface area contributed by atoms with Crippen molar-refractivity contribution in [2.75, 3.05) is 11.4 Å². The van der Waals surface area contributed by atoms with Gasteiger partial charge in [-0.2, -0.15) is 13.2 Å².